The molecule has 0 amide bonds. The average molecular weight is 414 g/mol. The highest BCUT2D eigenvalue weighted by molar-refractivity contribution is 9.10. The molecule has 2 aromatic carbocycles. The summed E-state index contributed by atoms with van der Waals surface area (Å²) in [7, 11) is -4.19. The van der Waals surface area contributed by atoms with Gasteiger partial charge in [0.15, 0.2) is 0 Å². The van der Waals surface area contributed by atoms with Crippen molar-refractivity contribution in [3.63, 3.8) is 0 Å². The molecule has 3 N–H and O–H groups in total. The van der Waals surface area contributed by atoms with Crippen molar-refractivity contribution in [2.24, 2.45) is 0 Å². The molecular formula is C12H8BrCl2FN2O2S. The number of rotatable bonds is 3. The van der Waals surface area contributed by atoms with Gasteiger partial charge in [-0.15, -0.1) is 0 Å². The fourth-order valence-electron chi connectivity index (χ4n) is 1.53. The molecule has 0 aromatic heterocycles. The molecule has 21 heavy (non-hydrogen) atoms. The molecular weight excluding hydrogens is 406 g/mol. The summed E-state index contributed by atoms with van der Waals surface area (Å²) in [6.07, 6.45) is 0. The van der Waals surface area contributed by atoms with E-state index in [1.165, 1.54) is 18.2 Å². The van der Waals surface area contributed by atoms with Crippen molar-refractivity contribution in [3.8, 4) is 0 Å². The van der Waals surface area contributed by atoms with Gasteiger partial charge in [0.1, 0.15) is 10.7 Å². The molecule has 0 atom stereocenters. The van der Waals surface area contributed by atoms with Crippen LogP contribution >= 0.6 is 39.1 Å². The zero-order valence-electron chi connectivity index (χ0n) is 10.2. The van der Waals surface area contributed by atoms with E-state index in [9.17, 15) is 12.8 Å². The van der Waals surface area contributed by atoms with E-state index in [1.54, 1.807) is 0 Å². The van der Waals surface area contributed by atoms with Crippen LogP contribution in [-0.2, 0) is 10.0 Å². The first-order valence-electron chi connectivity index (χ1n) is 5.43. The van der Waals surface area contributed by atoms with Gasteiger partial charge in [0.05, 0.1) is 15.7 Å². The number of anilines is 2. The second-order valence-corrected chi connectivity index (χ2v) is 7.30. The van der Waals surface area contributed by atoms with Crippen LogP contribution in [0, 0.1) is 5.82 Å². The summed E-state index contributed by atoms with van der Waals surface area (Å²) in [5, 5.41) is 0.195. The summed E-state index contributed by atoms with van der Waals surface area (Å²) in [6.45, 7) is 0. The molecule has 0 heterocycles. The van der Waals surface area contributed by atoms with Gasteiger partial charge in [-0.05, 0) is 40.2 Å². The van der Waals surface area contributed by atoms with Crippen molar-refractivity contribution in [2.45, 2.75) is 4.90 Å². The van der Waals surface area contributed by atoms with Crippen molar-refractivity contribution in [1.29, 1.82) is 0 Å². The summed E-state index contributed by atoms with van der Waals surface area (Å²) < 4.78 is 40.7. The number of nitrogens with two attached hydrogens (primary N) is 1. The number of nitrogens with one attached hydrogen (secondary N) is 1. The van der Waals surface area contributed by atoms with Crippen LogP contribution in [0.15, 0.2) is 39.7 Å². The Kier molecular flexibility index (Phi) is 4.67. The van der Waals surface area contributed by atoms with Crippen LogP contribution in [0.5, 0.6) is 0 Å². The van der Waals surface area contributed by atoms with Gasteiger partial charge in [0.2, 0.25) is 0 Å². The van der Waals surface area contributed by atoms with Gasteiger partial charge in [-0.1, -0.05) is 29.3 Å². The molecule has 0 aliphatic rings. The summed E-state index contributed by atoms with van der Waals surface area (Å²) in [4.78, 5) is -0.584. The van der Waals surface area contributed by atoms with Crippen molar-refractivity contribution in [3.05, 3.63) is 50.7 Å². The maximum absolute atomic E-state index is 13.8. The van der Waals surface area contributed by atoms with E-state index in [0.717, 1.165) is 12.1 Å². The number of hydrogen-bond donors (Lipinski definition) is 2. The van der Waals surface area contributed by atoms with Crippen molar-refractivity contribution < 1.29 is 12.8 Å². The molecule has 9 heteroatoms. The monoisotopic (exact) mass is 412 g/mol. The third-order valence-electron chi connectivity index (χ3n) is 2.54. The van der Waals surface area contributed by atoms with Gasteiger partial charge < -0.3 is 5.73 Å². The number of nitrogen functional groups attached to an aromatic ring is 1. The van der Waals surface area contributed by atoms with Gasteiger partial charge in [0.25, 0.3) is 10.0 Å². The minimum atomic E-state index is -4.19. The Morgan fingerprint density at radius 2 is 1.90 bits per heavy atom. The Morgan fingerprint density at radius 3 is 2.57 bits per heavy atom. The molecule has 4 nitrogen and oxygen atoms in total. The number of benzene rings is 2. The number of sulfonamides is 1. The van der Waals surface area contributed by atoms with Crippen LogP contribution in [0.25, 0.3) is 0 Å². The standard InChI is InChI=1S/C12H8BrCl2FN2O2S/c13-6-4-8(16)11(5-9(6)17)21(19,20)18-10-3-1-2-7(14)12(10)15/h1-5,18H,17H2. The molecule has 0 saturated carbocycles. The zero-order chi connectivity index (χ0) is 15.8. The lowest BCUT2D eigenvalue weighted by atomic mass is 10.3. The quantitative estimate of drug-likeness (QED) is 0.737. The molecule has 0 saturated heterocycles. The molecule has 0 aliphatic carbocycles. The summed E-state index contributed by atoms with van der Waals surface area (Å²) >= 11 is 14.7. The van der Waals surface area contributed by atoms with Gasteiger partial charge in [0, 0.05) is 10.2 Å². The molecule has 2 aromatic rings. The smallest absolute Gasteiger partial charge is 0.264 e. The van der Waals surface area contributed by atoms with E-state index in [0.29, 0.717) is 0 Å². The number of halogens is 4. The van der Waals surface area contributed by atoms with Crippen molar-refractivity contribution >= 4 is 60.5 Å². The Hall–Kier alpha value is -1.02. The molecule has 112 valence electrons. The van der Waals surface area contributed by atoms with E-state index in [4.69, 9.17) is 28.9 Å². The second-order valence-electron chi connectivity index (χ2n) is 4.01. The van der Waals surface area contributed by atoms with Gasteiger partial charge in [-0.2, -0.15) is 0 Å². The van der Waals surface area contributed by atoms with Crippen molar-refractivity contribution in [2.75, 3.05) is 10.5 Å². The molecule has 0 spiro atoms. The van der Waals surface area contributed by atoms with Gasteiger partial charge >= 0.3 is 0 Å². The lowest BCUT2D eigenvalue weighted by molar-refractivity contribution is 0.570. The molecule has 0 radical (unpaired) electrons. The highest BCUT2D eigenvalue weighted by Gasteiger charge is 2.22. The van der Waals surface area contributed by atoms with Gasteiger partial charge in [-0.25, -0.2) is 12.8 Å². The van der Waals surface area contributed by atoms with E-state index in [-0.39, 0.29) is 25.9 Å². The Labute approximate surface area is 139 Å². The lowest BCUT2D eigenvalue weighted by Crippen LogP contribution is -2.15. The van der Waals surface area contributed by atoms with E-state index < -0.39 is 20.7 Å². The maximum atomic E-state index is 13.8. The Balaban J connectivity index is 2.48. The molecule has 0 bridgehead atoms. The average Bonchev–Trinajstić information content (AvgIpc) is 2.39. The molecule has 0 unspecified atom stereocenters. The summed E-state index contributed by atoms with van der Waals surface area (Å²) in [6, 6.07) is 6.41. The maximum Gasteiger partial charge on any atom is 0.264 e. The van der Waals surface area contributed by atoms with Gasteiger partial charge in [-0.3, -0.25) is 4.72 Å². The summed E-state index contributed by atoms with van der Waals surface area (Å²) in [5.41, 5.74) is 5.72. The highest BCUT2D eigenvalue weighted by atomic mass is 79.9. The van der Waals surface area contributed by atoms with Crippen molar-refractivity contribution in [1.82, 2.24) is 0 Å². The number of hydrogen-bond acceptors (Lipinski definition) is 3. The highest BCUT2D eigenvalue weighted by Crippen LogP contribution is 2.32. The first kappa shape index (κ1) is 16.4. The van der Waals surface area contributed by atoms with Crippen LogP contribution in [-0.4, -0.2) is 8.42 Å². The van der Waals surface area contributed by atoms with E-state index in [1.807, 2.05) is 0 Å². The fraction of sp³-hybridized carbons (Fsp3) is 0. The van der Waals surface area contributed by atoms with Crippen LogP contribution in [0.4, 0.5) is 15.8 Å². The first-order valence-corrected chi connectivity index (χ1v) is 8.47. The largest absolute Gasteiger partial charge is 0.398 e. The second kappa shape index (κ2) is 6.00. The Bertz CT molecular complexity index is 815. The van der Waals surface area contributed by atoms with E-state index in [2.05, 4.69) is 20.7 Å². The van der Waals surface area contributed by atoms with Crippen LogP contribution in [0.1, 0.15) is 0 Å². The molecule has 2 rings (SSSR count). The first-order chi connectivity index (χ1) is 9.72. The predicted molar refractivity (Wildman–Crippen MR) is 85.8 cm³/mol. The fourth-order valence-corrected chi connectivity index (χ4v) is 3.42. The van der Waals surface area contributed by atoms with Crippen LogP contribution < -0.4 is 10.5 Å². The Morgan fingerprint density at radius 1 is 1.24 bits per heavy atom. The summed E-state index contributed by atoms with van der Waals surface area (Å²) in [5.74, 6) is -0.943. The lowest BCUT2D eigenvalue weighted by Gasteiger charge is -2.12. The normalized spacial score (nSPS) is 11.4. The SMILES string of the molecule is Nc1cc(S(=O)(=O)Nc2cccc(Cl)c2Cl)c(F)cc1Br. The third kappa shape index (κ3) is 3.42. The minimum Gasteiger partial charge on any atom is -0.398 e. The third-order valence-corrected chi connectivity index (χ3v) is 5.42. The van der Waals surface area contributed by atoms with E-state index >= 15 is 0 Å². The van der Waals surface area contributed by atoms with Crippen LogP contribution in [0.3, 0.4) is 0 Å². The minimum absolute atomic E-state index is 0.0215. The molecule has 0 aliphatic heterocycles. The predicted octanol–water partition coefficient (Wildman–Crippen LogP) is 4.28. The van der Waals surface area contributed by atoms with Crippen LogP contribution in [0.2, 0.25) is 10.0 Å². The topological polar surface area (TPSA) is 72.2 Å². The molecule has 0 fully saturated rings. The zero-order valence-corrected chi connectivity index (χ0v) is 14.1.